The first-order chi connectivity index (χ1) is 10.9. The molecule has 0 atom stereocenters. The maximum Gasteiger partial charge on any atom is 0.237 e. The van der Waals surface area contributed by atoms with E-state index in [0.717, 1.165) is 17.5 Å². The monoisotopic (exact) mass is 354 g/mol. The Morgan fingerprint density at radius 2 is 2.22 bits per heavy atom. The van der Waals surface area contributed by atoms with Crippen LogP contribution in [0.2, 0.25) is 5.15 Å². The van der Waals surface area contributed by atoms with Crippen LogP contribution in [0, 0.1) is 0 Å². The van der Waals surface area contributed by atoms with Crippen molar-refractivity contribution in [1.29, 1.82) is 0 Å². The summed E-state index contributed by atoms with van der Waals surface area (Å²) in [6, 6.07) is 0. The van der Waals surface area contributed by atoms with Crippen molar-refractivity contribution < 1.29 is 9.59 Å². The number of aliphatic imine (C=N–C) groups is 1. The number of thioether (sulfide) groups is 1. The van der Waals surface area contributed by atoms with Gasteiger partial charge in [-0.15, -0.1) is 0 Å². The summed E-state index contributed by atoms with van der Waals surface area (Å²) in [4.78, 5) is 28.4. The first-order valence-corrected chi connectivity index (χ1v) is 8.25. The van der Waals surface area contributed by atoms with Crippen LogP contribution in [0.5, 0.6) is 0 Å². The Hall–Kier alpha value is -1.86. The Morgan fingerprint density at radius 1 is 1.52 bits per heavy atom. The van der Waals surface area contributed by atoms with Gasteiger partial charge in [-0.05, 0) is 32.7 Å². The number of halogens is 1. The maximum absolute atomic E-state index is 12.2. The summed E-state index contributed by atoms with van der Waals surface area (Å²) in [6.07, 6.45) is 6.76. The van der Waals surface area contributed by atoms with Crippen molar-refractivity contribution >= 4 is 52.5 Å². The second kappa shape index (κ2) is 9.32. The topological polar surface area (TPSA) is 67.6 Å². The Labute approximate surface area is 144 Å². The highest BCUT2D eigenvalue weighted by atomic mass is 35.5. The van der Waals surface area contributed by atoms with Crippen molar-refractivity contribution in [3.63, 3.8) is 0 Å². The van der Waals surface area contributed by atoms with E-state index in [1.807, 2.05) is 13.8 Å². The molecule has 0 spiro atoms. The number of rotatable bonds is 7. The molecule has 0 bridgehead atoms. The lowest BCUT2D eigenvalue weighted by Gasteiger charge is -2.18. The van der Waals surface area contributed by atoms with Gasteiger partial charge in [0.1, 0.15) is 5.69 Å². The van der Waals surface area contributed by atoms with Crippen molar-refractivity contribution in [2.75, 3.05) is 17.2 Å². The predicted molar refractivity (Wildman–Crippen MR) is 97.0 cm³/mol. The highest BCUT2D eigenvalue weighted by Gasteiger charge is 2.20. The molecule has 0 radical (unpaired) electrons. The number of hydrogen-bond acceptors (Lipinski definition) is 5. The third-order valence-electron chi connectivity index (χ3n) is 2.85. The predicted octanol–water partition coefficient (Wildman–Crippen LogP) is 3.24. The molecule has 0 saturated heterocycles. The third-order valence-corrected chi connectivity index (χ3v) is 3.92. The molecule has 0 aliphatic heterocycles. The Kier molecular flexibility index (Phi) is 7.77. The van der Waals surface area contributed by atoms with Gasteiger partial charge in [-0.1, -0.05) is 23.4 Å². The summed E-state index contributed by atoms with van der Waals surface area (Å²) in [5.74, 6) is -0.112. The average Bonchev–Trinajstić information content (AvgIpc) is 2.88. The minimum absolute atomic E-state index is 0.0766. The number of anilines is 1. The number of allylic oxidation sites excluding steroid dienone is 3. The number of amides is 1. The highest BCUT2D eigenvalue weighted by Crippen LogP contribution is 2.26. The van der Waals surface area contributed by atoms with Gasteiger partial charge >= 0.3 is 0 Å². The molecule has 0 unspecified atom stereocenters. The molecule has 1 amide bonds. The van der Waals surface area contributed by atoms with Gasteiger partial charge < -0.3 is 4.90 Å². The van der Waals surface area contributed by atoms with Gasteiger partial charge in [0.2, 0.25) is 5.91 Å². The van der Waals surface area contributed by atoms with Gasteiger partial charge in [0, 0.05) is 25.4 Å². The molecule has 0 aliphatic carbocycles. The molecular formula is C15H19ClN4O2S. The number of aromatic nitrogens is 2. The van der Waals surface area contributed by atoms with Crippen LogP contribution in [-0.2, 0) is 9.59 Å². The van der Waals surface area contributed by atoms with Crippen molar-refractivity contribution in [2.45, 2.75) is 20.8 Å². The highest BCUT2D eigenvalue weighted by molar-refractivity contribution is 8.14. The molecule has 0 N–H and O–H groups in total. The van der Waals surface area contributed by atoms with E-state index in [4.69, 9.17) is 11.6 Å². The average molecular weight is 355 g/mol. The summed E-state index contributed by atoms with van der Waals surface area (Å²) in [7, 11) is 0. The molecule has 6 nitrogen and oxygen atoms in total. The Bertz CT molecular complexity index is 652. The van der Waals surface area contributed by atoms with Crippen LogP contribution in [0.1, 0.15) is 20.8 Å². The van der Waals surface area contributed by atoms with Crippen molar-refractivity contribution in [2.24, 2.45) is 4.99 Å². The van der Waals surface area contributed by atoms with Crippen molar-refractivity contribution in [3.8, 4) is 0 Å². The van der Waals surface area contributed by atoms with Gasteiger partial charge in [0.25, 0.3) is 0 Å². The minimum Gasteiger partial charge on any atom is -0.308 e. The van der Waals surface area contributed by atoms with Gasteiger partial charge in [-0.3, -0.25) is 14.6 Å². The van der Waals surface area contributed by atoms with E-state index in [9.17, 15) is 9.59 Å². The molecule has 8 heteroatoms. The third kappa shape index (κ3) is 5.69. The van der Waals surface area contributed by atoms with Crippen LogP contribution in [0.3, 0.4) is 0 Å². The lowest BCUT2D eigenvalue weighted by molar-refractivity contribution is -0.116. The van der Waals surface area contributed by atoms with E-state index in [-0.39, 0.29) is 21.9 Å². The molecular weight excluding hydrogens is 336 g/mol. The van der Waals surface area contributed by atoms with E-state index < -0.39 is 0 Å². The maximum atomic E-state index is 12.2. The summed E-state index contributed by atoms with van der Waals surface area (Å²) in [6.45, 7) is 8.91. The second-order valence-corrected chi connectivity index (χ2v) is 6.01. The Balaban J connectivity index is 3.00. The first kappa shape index (κ1) is 19.2. The van der Waals surface area contributed by atoms with Crippen molar-refractivity contribution in [1.82, 2.24) is 9.78 Å². The van der Waals surface area contributed by atoms with E-state index in [0.29, 0.717) is 12.2 Å². The van der Waals surface area contributed by atoms with Crippen LogP contribution in [0.4, 0.5) is 5.69 Å². The van der Waals surface area contributed by atoms with Crippen LogP contribution >= 0.6 is 23.4 Å². The zero-order valence-electron chi connectivity index (χ0n) is 13.3. The van der Waals surface area contributed by atoms with Crippen LogP contribution < -0.4 is 4.90 Å². The number of hydrogen-bond donors (Lipinski definition) is 0. The summed E-state index contributed by atoms with van der Waals surface area (Å²) in [5, 5.41) is 4.33. The fourth-order valence-corrected chi connectivity index (χ4v) is 2.46. The molecule has 0 fully saturated rings. The molecule has 0 aliphatic rings. The molecule has 1 rings (SSSR count). The van der Waals surface area contributed by atoms with E-state index in [1.54, 1.807) is 29.2 Å². The molecule has 1 aromatic heterocycles. The van der Waals surface area contributed by atoms with E-state index in [1.165, 1.54) is 11.8 Å². The minimum atomic E-state index is -0.188. The van der Waals surface area contributed by atoms with Crippen LogP contribution in [0.15, 0.2) is 29.5 Å². The number of nitrogens with zero attached hydrogens (tertiary/aromatic N) is 4. The zero-order valence-corrected chi connectivity index (χ0v) is 14.9. The number of carbonyl (C=O) groups is 2. The van der Waals surface area contributed by atoms with Crippen molar-refractivity contribution in [3.05, 3.63) is 29.7 Å². The summed E-state index contributed by atoms with van der Waals surface area (Å²) < 4.78 is 1.58. The Morgan fingerprint density at radius 3 is 2.78 bits per heavy atom. The van der Waals surface area contributed by atoms with E-state index in [2.05, 4.69) is 16.8 Å². The van der Waals surface area contributed by atoms with E-state index >= 15 is 0 Å². The van der Waals surface area contributed by atoms with Gasteiger partial charge in [-0.2, -0.15) is 5.10 Å². The zero-order chi connectivity index (χ0) is 17.4. The molecule has 0 saturated carbocycles. The van der Waals surface area contributed by atoms with Gasteiger partial charge in [-0.25, -0.2) is 4.68 Å². The normalized spacial score (nSPS) is 11.7. The molecule has 1 heterocycles. The fourth-order valence-electron chi connectivity index (χ4n) is 1.75. The second-order valence-electron chi connectivity index (χ2n) is 4.50. The lowest BCUT2D eigenvalue weighted by Crippen LogP contribution is -2.32. The quantitative estimate of drug-likeness (QED) is 0.556. The molecule has 1 aromatic rings. The largest absolute Gasteiger partial charge is 0.308 e. The summed E-state index contributed by atoms with van der Waals surface area (Å²) >= 11 is 7.13. The first-order valence-electron chi connectivity index (χ1n) is 6.89. The van der Waals surface area contributed by atoms with Crippen LogP contribution in [0.25, 0.3) is 5.70 Å². The smallest absolute Gasteiger partial charge is 0.237 e. The number of carbonyl (C=O) groups excluding carboxylic acids is 2. The SMILES string of the molecule is C=N/C=C\C=C(/C)n1cc(N(CC)C(=O)CSC(C)=O)c(Cl)n1. The van der Waals surface area contributed by atoms with Gasteiger partial charge in [0.15, 0.2) is 10.3 Å². The molecule has 124 valence electrons. The lowest BCUT2D eigenvalue weighted by atomic mass is 10.4. The molecule has 0 aromatic carbocycles. The molecule has 23 heavy (non-hydrogen) atoms. The van der Waals surface area contributed by atoms with Gasteiger partial charge in [0.05, 0.1) is 11.9 Å². The summed E-state index contributed by atoms with van der Waals surface area (Å²) in [5.41, 5.74) is 1.32. The standard InChI is InChI=1S/C15H19ClN4O2S/c1-5-19(14(22)10-23-12(3)21)13-9-20(18-15(13)16)11(2)7-6-8-17-4/h6-9H,4-5,10H2,1-3H3/b8-6-,11-7+. The fraction of sp³-hybridized carbons (Fsp3) is 0.333. The van der Waals surface area contributed by atoms with Crippen LogP contribution in [-0.4, -0.2) is 39.8 Å².